The molecule has 10 heteroatoms. The summed E-state index contributed by atoms with van der Waals surface area (Å²) in [6.45, 7) is 3.77. The van der Waals surface area contributed by atoms with Gasteiger partial charge in [-0.1, -0.05) is 37.0 Å². The van der Waals surface area contributed by atoms with Gasteiger partial charge in [0, 0.05) is 12.3 Å². The lowest BCUT2D eigenvalue weighted by Gasteiger charge is -2.16. The van der Waals surface area contributed by atoms with E-state index in [9.17, 15) is 8.78 Å². The second kappa shape index (κ2) is 9.98. The number of nitrogens with two attached hydrogens (primary N) is 1. The van der Waals surface area contributed by atoms with Gasteiger partial charge in [0.25, 0.3) is 0 Å². The summed E-state index contributed by atoms with van der Waals surface area (Å²) in [6.07, 6.45) is 1.58. The Kier molecular flexibility index (Phi) is 7.33. The lowest BCUT2D eigenvalue weighted by molar-refractivity contribution is 0.212. The smallest absolute Gasteiger partial charge is 0.167 e. The minimum atomic E-state index is -0.828. The van der Waals surface area contributed by atoms with Crippen LogP contribution in [-0.4, -0.2) is 23.2 Å². The van der Waals surface area contributed by atoms with Crippen LogP contribution in [0.3, 0.4) is 0 Å². The molecule has 6 nitrogen and oxygen atoms in total. The third kappa shape index (κ3) is 4.85. The van der Waals surface area contributed by atoms with Gasteiger partial charge in [-0.3, -0.25) is 4.98 Å². The molecule has 0 saturated carbocycles. The minimum Gasteiger partial charge on any atom is -0.488 e. The number of nitrogens with zero attached hydrogens (tertiary/aromatic N) is 3. The number of hydrogen-bond acceptors (Lipinski definition) is 6. The van der Waals surface area contributed by atoms with E-state index in [2.05, 4.69) is 9.97 Å². The zero-order chi connectivity index (χ0) is 23.4. The van der Waals surface area contributed by atoms with Crippen molar-refractivity contribution in [1.29, 1.82) is 5.26 Å². The highest BCUT2D eigenvalue weighted by atomic mass is 35.5. The topological polar surface area (TPSA) is 94.0 Å². The zero-order valence-corrected chi connectivity index (χ0v) is 18.6. The van der Waals surface area contributed by atoms with Gasteiger partial charge < -0.3 is 15.2 Å². The maximum Gasteiger partial charge on any atom is 0.167 e. The summed E-state index contributed by atoms with van der Waals surface area (Å²) < 4.78 is 40.3. The summed E-state index contributed by atoms with van der Waals surface area (Å²) in [5.41, 5.74) is 6.72. The van der Waals surface area contributed by atoms with Crippen molar-refractivity contribution in [3.63, 3.8) is 0 Å². The summed E-state index contributed by atoms with van der Waals surface area (Å²) in [5.74, 6) is -1.54. The maximum absolute atomic E-state index is 14.6. The standard InChI is InChI=1S/C22H18Cl2F2N4O2/c1-11(2)19-18(28)16(5-6-29-19)31-7-8-32-21-15(26)4-3-14(25)17(21)20-13(23)9-12(10-27)22(24)30-20/h3-6,9,11H,7-8,28H2,1-2H3. The van der Waals surface area contributed by atoms with Crippen LogP contribution in [0.4, 0.5) is 14.5 Å². The van der Waals surface area contributed by atoms with Crippen molar-refractivity contribution in [3.8, 4) is 28.8 Å². The SMILES string of the molecule is CC(C)c1nccc(OCCOc2c(F)ccc(F)c2-c2nc(Cl)c(C#N)cc2Cl)c1N. The number of hydrogen-bond donors (Lipinski definition) is 1. The van der Waals surface area contributed by atoms with Gasteiger partial charge in [0.1, 0.15) is 36.0 Å². The highest BCUT2D eigenvalue weighted by molar-refractivity contribution is 6.35. The molecule has 0 aliphatic heterocycles. The van der Waals surface area contributed by atoms with Crippen LogP contribution in [0.15, 0.2) is 30.5 Å². The number of aromatic nitrogens is 2. The van der Waals surface area contributed by atoms with Crippen molar-refractivity contribution >= 4 is 28.9 Å². The molecule has 166 valence electrons. The van der Waals surface area contributed by atoms with Crippen molar-refractivity contribution in [1.82, 2.24) is 9.97 Å². The summed E-state index contributed by atoms with van der Waals surface area (Å²) in [4.78, 5) is 8.19. The molecule has 0 fully saturated rings. The van der Waals surface area contributed by atoms with E-state index in [1.807, 2.05) is 19.9 Å². The Bertz CT molecular complexity index is 1200. The van der Waals surface area contributed by atoms with Crippen LogP contribution in [0.5, 0.6) is 11.5 Å². The van der Waals surface area contributed by atoms with Crippen LogP contribution in [0, 0.1) is 23.0 Å². The van der Waals surface area contributed by atoms with Crippen LogP contribution < -0.4 is 15.2 Å². The molecule has 0 spiro atoms. The predicted octanol–water partition coefficient (Wildman–Crippen LogP) is 5.76. The maximum atomic E-state index is 14.6. The largest absolute Gasteiger partial charge is 0.488 e. The third-order valence-corrected chi connectivity index (χ3v) is 5.04. The predicted molar refractivity (Wildman–Crippen MR) is 118 cm³/mol. The first-order valence-corrected chi connectivity index (χ1v) is 10.2. The number of halogens is 4. The van der Waals surface area contributed by atoms with Crippen molar-refractivity contribution < 1.29 is 18.3 Å². The monoisotopic (exact) mass is 478 g/mol. The normalized spacial score (nSPS) is 10.8. The lowest BCUT2D eigenvalue weighted by atomic mass is 10.1. The lowest BCUT2D eigenvalue weighted by Crippen LogP contribution is -2.13. The molecular formula is C22H18Cl2F2N4O2. The van der Waals surface area contributed by atoms with Gasteiger partial charge in [-0.2, -0.15) is 5.26 Å². The Morgan fingerprint density at radius 2 is 1.81 bits per heavy atom. The second-order valence-electron chi connectivity index (χ2n) is 6.96. The van der Waals surface area contributed by atoms with E-state index in [1.54, 1.807) is 12.3 Å². The molecule has 0 unspecified atom stereocenters. The molecule has 3 aromatic rings. The van der Waals surface area contributed by atoms with E-state index in [4.69, 9.17) is 43.7 Å². The summed E-state index contributed by atoms with van der Waals surface area (Å²) in [7, 11) is 0. The van der Waals surface area contributed by atoms with Crippen LogP contribution in [0.25, 0.3) is 11.3 Å². The fraction of sp³-hybridized carbons (Fsp3) is 0.227. The number of rotatable bonds is 7. The molecule has 0 aliphatic rings. The van der Waals surface area contributed by atoms with E-state index in [1.165, 1.54) is 6.07 Å². The average Bonchev–Trinajstić information content (AvgIpc) is 2.75. The Hall–Kier alpha value is -3.15. The minimum absolute atomic E-state index is 0.00352. The number of pyridine rings is 2. The van der Waals surface area contributed by atoms with Crippen LogP contribution in [0.1, 0.15) is 31.0 Å². The highest BCUT2D eigenvalue weighted by Gasteiger charge is 2.22. The Morgan fingerprint density at radius 3 is 2.50 bits per heavy atom. The molecule has 0 aliphatic carbocycles. The summed E-state index contributed by atoms with van der Waals surface area (Å²) in [6, 6.07) is 6.49. The van der Waals surface area contributed by atoms with Crippen molar-refractivity contribution in [2.24, 2.45) is 0 Å². The number of nitrogen functional groups attached to an aromatic ring is 1. The molecule has 3 rings (SSSR count). The Morgan fingerprint density at radius 1 is 1.12 bits per heavy atom. The fourth-order valence-corrected chi connectivity index (χ4v) is 3.39. The first-order chi connectivity index (χ1) is 15.2. The van der Waals surface area contributed by atoms with E-state index < -0.39 is 17.4 Å². The quantitative estimate of drug-likeness (QED) is 0.342. The van der Waals surface area contributed by atoms with Crippen molar-refractivity contribution in [3.05, 3.63) is 63.5 Å². The van der Waals surface area contributed by atoms with E-state index in [0.29, 0.717) is 17.1 Å². The molecule has 0 radical (unpaired) electrons. The second-order valence-corrected chi connectivity index (χ2v) is 7.73. The average molecular weight is 479 g/mol. The Balaban J connectivity index is 1.84. The van der Waals surface area contributed by atoms with Gasteiger partial charge in [-0.25, -0.2) is 13.8 Å². The van der Waals surface area contributed by atoms with E-state index >= 15 is 0 Å². The molecule has 0 amide bonds. The zero-order valence-electron chi connectivity index (χ0n) is 17.1. The molecule has 2 N–H and O–H groups in total. The van der Waals surface area contributed by atoms with Crippen molar-refractivity contribution in [2.75, 3.05) is 18.9 Å². The molecule has 0 atom stereocenters. The van der Waals surface area contributed by atoms with Gasteiger partial charge in [0.15, 0.2) is 11.6 Å². The summed E-state index contributed by atoms with van der Waals surface area (Å²) in [5, 5.41) is 8.77. The first kappa shape index (κ1) is 23.5. The molecule has 1 aromatic carbocycles. The van der Waals surface area contributed by atoms with Crippen LogP contribution in [0.2, 0.25) is 10.2 Å². The van der Waals surface area contributed by atoms with Gasteiger partial charge >= 0.3 is 0 Å². The third-order valence-electron chi connectivity index (χ3n) is 4.46. The summed E-state index contributed by atoms with van der Waals surface area (Å²) >= 11 is 12.1. The molecule has 0 saturated heterocycles. The first-order valence-electron chi connectivity index (χ1n) is 9.49. The van der Waals surface area contributed by atoms with E-state index in [-0.39, 0.29) is 46.1 Å². The molecular weight excluding hydrogens is 461 g/mol. The van der Waals surface area contributed by atoms with Gasteiger partial charge in [-0.15, -0.1) is 0 Å². The highest BCUT2D eigenvalue weighted by Crippen LogP contribution is 2.39. The van der Waals surface area contributed by atoms with Crippen LogP contribution in [-0.2, 0) is 0 Å². The van der Waals surface area contributed by atoms with Gasteiger partial charge in [-0.05, 0) is 24.1 Å². The van der Waals surface area contributed by atoms with Gasteiger partial charge in [0.2, 0.25) is 0 Å². The number of ether oxygens (including phenoxy) is 2. The van der Waals surface area contributed by atoms with Crippen molar-refractivity contribution in [2.45, 2.75) is 19.8 Å². The molecule has 2 heterocycles. The molecule has 0 bridgehead atoms. The molecule has 2 aromatic heterocycles. The Labute approximate surface area is 193 Å². The van der Waals surface area contributed by atoms with E-state index in [0.717, 1.165) is 12.1 Å². The van der Waals surface area contributed by atoms with Crippen LogP contribution >= 0.6 is 23.2 Å². The molecule has 32 heavy (non-hydrogen) atoms. The number of benzene rings is 1. The number of anilines is 1. The van der Waals surface area contributed by atoms with Gasteiger partial charge in [0.05, 0.1) is 33.2 Å². The fourth-order valence-electron chi connectivity index (χ4n) is 2.97. The number of nitriles is 1.